The summed E-state index contributed by atoms with van der Waals surface area (Å²) in [6, 6.07) is 13.5. The molecule has 2 aromatic rings. The van der Waals surface area contributed by atoms with Gasteiger partial charge in [0.25, 0.3) is 5.91 Å². The first-order valence-corrected chi connectivity index (χ1v) is 8.45. The molecule has 1 aromatic carbocycles. The van der Waals surface area contributed by atoms with Crippen molar-refractivity contribution in [3.8, 4) is 0 Å². The number of para-hydroxylation sites is 1. The van der Waals surface area contributed by atoms with E-state index >= 15 is 0 Å². The predicted octanol–water partition coefficient (Wildman–Crippen LogP) is 4.29. The molecule has 1 amide bonds. The maximum absolute atomic E-state index is 12.1. The van der Waals surface area contributed by atoms with Crippen molar-refractivity contribution in [3.63, 3.8) is 0 Å². The van der Waals surface area contributed by atoms with Gasteiger partial charge in [-0.2, -0.15) is 0 Å². The number of furan rings is 1. The van der Waals surface area contributed by atoms with Gasteiger partial charge in [0.1, 0.15) is 11.5 Å². The first kappa shape index (κ1) is 14.3. The molecule has 23 heavy (non-hydrogen) atoms. The van der Waals surface area contributed by atoms with Crippen LogP contribution >= 0.6 is 11.8 Å². The zero-order valence-corrected chi connectivity index (χ0v) is 13.5. The summed E-state index contributed by atoms with van der Waals surface area (Å²) >= 11 is 1.33. The molecule has 4 rings (SSSR count). The molecule has 2 fully saturated rings. The van der Waals surface area contributed by atoms with Gasteiger partial charge in [0.05, 0.1) is 10.6 Å². The zero-order chi connectivity index (χ0) is 15.8. The van der Waals surface area contributed by atoms with Gasteiger partial charge >= 0.3 is 0 Å². The number of nitrogens with one attached hydrogen (secondary N) is 1. The molecule has 1 aliphatic heterocycles. The van der Waals surface area contributed by atoms with E-state index in [1.165, 1.54) is 18.2 Å². The second-order valence-corrected chi connectivity index (χ2v) is 6.91. The van der Waals surface area contributed by atoms with Crippen LogP contribution in [0.1, 0.15) is 30.8 Å². The van der Waals surface area contributed by atoms with Crippen LogP contribution in [0, 0.1) is 5.92 Å². The van der Waals surface area contributed by atoms with Crippen molar-refractivity contribution < 1.29 is 9.21 Å². The van der Waals surface area contributed by atoms with Crippen molar-refractivity contribution in [2.75, 3.05) is 0 Å². The van der Waals surface area contributed by atoms with Gasteiger partial charge in [-0.1, -0.05) is 25.1 Å². The van der Waals surface area contributed by atoms with E-state index in [0.29, 0.717) is 21.9 Å². The maximum Gasteiger partial charge on any atom is 0.264 e. The molecular weight excluding hydrogens is 308 g/mol. The molecular formula is C18H16N2O2S. The molecule has 0 bridgehead atoms. The molecule has 2 atom stereocenters. The Balaban J connectivity index is 1.52. The molecule has 1 N–H and O–H groups in total. The first-order valence-electron chi connectivity index (χ1n) is 7.63. The van der Waals surface area contributed by atoms with Gasteiger partial charge in [-0.25, -0.2) is 4.99 Å². The Morgan fingerprint density at radius 2 is 2.04 bits per heavy atom. The number of rotatable bonds is 3. The van der Waals surface area contributed by atoms with Gasteiger partial charge in [0.2, 0.25) is 0 Å². The fourth-order valence-electron chi connectivity index (χ4n) is 2.59. The molecule has 0 unspecified atom stereocenters. The number of hydrogen-bond acceptors (Lipinski definition) is 4. The van der Waals surface area contributed by atoms with E-state index in [2.05, 4.69) is 17.2 Å². The summed E-state index contributed by atoms with van der Waals surface area (Å²) in [7, 11) is 0. The molecule has 2 heterocycles. The van der Waals surface area contributed by atoms with Gasteiger partial charge < -0.3 is 9.73 Å². The van der Waals surface area contributed by atoms with Crippen LogP contribution in [0.5, 0.6) is 0 Å². The third-order valence-corrected chi connectivity index (χ3v) is 4.94. The van der Waals surface area contributed by atoms with E-state index in [0.717, 1.165) is 17.2 Å². The van der Waals surface area contributed by atoms with E-state index in [-0.39, 0.29) is 5.91 Å². The monoisotopic (exact) mass is 324 g/mol. The lowest BCUT2D eigenvalue weighted by atomic mass is 10.3. The Kier molecular flexibility index (Phi) is 3.58. The molecule has 1 saturated carbocycles. The van der Waals surface area contributed by atoms with Gasteiger partial charge in [0.15, 0.2) is 5.17 Å². The summed E-state index contributed by atoms with van der Waals surface area (Å²) in [5, 5.41) is 3.38. The Morgan fingerprint density at radius 1 is 1.26 bits per heavy atom. The second-order valence-electron chi connectivity index (χ2n) is 5.88. The lowest BCUT2D eigenvalue weighted by molar-refractivity contribution is -0.115. The van der Waals surface area contributed by atoms with Gasteiger partial charge in [-0.05, 0) is 48.4 Å². The van der Waals surface area contributed by atoms with Crippen molar-refractivity contribution in [1.82, 2.24) is 5.32 Å². The molecule has 0 spiro atoms. The maximum atomic E-state index is 12.1. The van der Waals surface area contributed by atoms with Crippen molar-refractivity contribution in [1.29, 1.82) is 0 Å². The molecule has 0 radical (unpaired) electrons. The largest absolute Gasteiger partial charge is 0.461 e. The SMILES string of the molecule is C[C@@H]1C[C@H]1c1ccc(/C=C2\SC(=Nc3ccccc3)NC2=O)o1. The zero-order valence-electron chi connectivity index (χ0n) is 12.7. The fourth-order valence-corrected chi connectivity index (χ4v) is 3.42. The Labute approximate surface area is 138 Å². The van der Waals surface area contributed by atoms with E-state index in [4.69, 9.17) is 4.42 Å². The van der Waals surface area contributed by atoms with Crippen LogP contribution in [-0.4, -0.2) is 11.1 Å². The van der Waals surface area contributed by atoms with Crippen molar-refractivity contribution in [2.24, 2.45) is 10.9 Å². The third-order valence-electron chi connectivity index (χ3n) is 4.03. The van der Waals surface area contributed by atoms with Crippen LogP contribution < -0.4 is 5.32 Å². The minimum Gasteiger partial charge on any atom is -0.461 e. The number of hydrogen-bond donors (Lipinski definition) is 1. The topological polar surface area (TPSA) is 54.6 Å². The number of thioether (sulfide) groups is 1. The van der Waals surface area contributed by atoms with Crippen LogP contribution in [0.3, 0.4) is 0 Å². The summed E-state index contributed by atoms with van der Waals surface area (Å²) in [5.74, 6) is 2.85. The highest BCUT2D eigenvalue weighted by Gasteiger charge is 2.36. The quantitative estimate of drug-likeness (QED) is 0.857. The third kappa shape index (κ3) is 3.10. The highest BCUT2D eigenvalue weighted by Crippen LogP contribution is 2.47. The molecule has 1 aromatic heterocycles. The average Bonchev–Trinajstić information content (AvgIpc) is 2.94. The van der Waals surface area contributed by atoms with Crippen LogP contribution in [-0.2, 0) is 4.79 Å². The molecule has 5 heteroatoms. The minimum absolute atomic E-state index is 0.137. The summed E-state index contributed by atoms with van der Waals surface area (Å²) in [6.07, 6.45) is 2.97. The van der Waals surface area contributed by atoms with Crippen LogP contribution in [0.15, 0.2) is 56.8 Å². The number of amides is 1. The number of amidine groups is 1. The predicted molar refractivity (Wildman–Crippen MR) is 92.5 cm³/mol. The Bertz CT molecular complexity index is 807. The summed E-state index contributed by atoms with van der Waals surface area (Å²) in [6.45, 7) is 2.22. The lowest BCUT2D eigenvalue weighted by Gasteiger charge is -1.94. The number of nitrogens with zero attached hydrogens (tertiary/aromatic N) is 1. The number of carbonyl (C=O) groups is 1. The van der Waals surface area contributed by atoms with Crippen molar-refractivity contribution >= 4 is 34.6 Å². The average molecular weight is 324 g/mol. The molecule has 1 aliphatic carbocycles. The van der Waals surface area contributed by atoms with Gasteiger partial charge in [-0.15, -0.1) is 0 Å². The molecule has 116 valence electrons. The molecule has 2 aliphatic rings. The summed E-state index contributed by atoms with van der Waals surface area (Å²) in [5.41, 5.74) is 0.819. The molecule has 1 saturated heterocycles. The van der Waals surface area contributed by atoms with E-state index < -0.39 is 0 Å². The van der Waals surface area contributed by atoms with Gasteiger partial charge in [0, 0.05) is 12.0 Å². The number of aliphatic imine (C=N–C) groups is 1. The van der Waals surface area contributed by atoms with Crippen molar-refractivity contribution in [2.45, 2.75) is 19.3 Å². The summed E-state index contributed by atoms with van der Waals surface area (Å²) < 4.78 is 5.83. The fraction of sp³-hybridized carbons (Fsp3) is 0.222. The second kappa shape index (κ2) is 5.74. The highest BCUT2D eigenvalue weighted by molar-refractivity contribution is 8.18. The van der Waals surface area contributed by atoms with Gasteiger partial charge in [-0.3, -0.25) is 4.79 Å². The molecule has 4 nitrogen and oxygen atoms in total. The van der Waals surface area contributed by atoms with Crippen molar-refractivity contribution in [3.05, 3.63) is 58.9 Å². The van der Waals surface area contributed by atoms with E-state index in [9.17, 15) is 4.79 Å². The van der Waals surface area contributed by atoms with E-state index in [1.54, 1.807) is 6.08 Å². The van der Waals surface area contributed by atoms with Crippen LogP contribution in [0.25, 0.3) is 6.08 Å². The lowest BCUT2D eigenvalue weighted by Crippen LogP contribution is -2.19. The van der Waals surface area contributed by atoms with E-state index in [1.807, 2.05) is 42.5 Å². The smallest absolute Gasteiger partial charge is 0.264 e. The highest BCUT2D eigenvalue weighted by atomic mass is 32.2. The minimum atomic E-state index is -0.137. The number of benzene rings is 1. The van der Waals surface area contributed by atoms with Crippen LogP contribution in [0.2, 0.25) is 0 Å². The Hall–Kier alpha value is -2.27. The normalized spacial score (nSPS) is 26.7. The van der Waals surface area contributed by atoms with Crippen LogP contribution in [0.4, 0.5) is 5.69 Å². The standard InChI is InChI=1S/C18H16N2O2S/c1-11-9-14(11)15-8-7-13(22-15)10-16-17(21)20-18(23-16)19-12-5-3-2-4-6-12/h2-8,10-11,14H,9H2,1H3,(H,19,20,21)/b16-10-/t11-,14-/m1/s1. The number of carbonyl (C=O) groups excluding carboxylic acids is 1. The summed E-state index contributed by atoms with van der Waals surface area (Å²) in [4.78, 5) is 17.1. The first-order chi connectivity index (χ1) is 11.2. The Morgan fingerprint density at radius 3 is 2.78 bits per heavy atom.